The number of halogens is 1. The van der Waals surface area contributed by atoms with Crippen molar-refractivity contribution in [3.63, 3.8) is 0 Å². The van der Waals surface area contributed by atoms with Crippen LogP contribution in [0.25, 0.3) is 0 Å². The molecule has 0 aliphatic rings. The maximum Gasteiger partial charge on any atom is 0.220 e. The van der Waals surface area contributed by atoms with Gasteiger partial charge in [-0.05, 0) is 32.4 Å². The predicted octanol–water partition coefficient (Wildman–Crippen LogP) is 2.10. The van der Waals surface area contributed by atoms with Gasteiger partial charge in [0.05, 0.1) is 0 Å². The lowest BCUT2D eigenvalue weighted by Gasteiger charge is -2.28. The van der Waals surface area contributed by atoms with Gasteiger partial charge in [0.25, 0.3) is 0 Å². The van der Waals surface area contributed by atoms with Gasteiger partial charge in [-0.3, -0.25) is 4.79 Å². The van der Waals surface area contributed by atoms with Gasteiger partial charge in [-0.2, -0.15) is 0 Å². The van der Waals surface area contributed by atoms with Crippen LogP contribution in [0.3, 0.4) is 0 Å². The highest BCUT2D eigenvalue weighted by atomic mass is 35.5. The minimum absolute atomic E-state index is 0.117. The highest BCUT2D eigenvalue weighted by Gasteiger charge is 2.19. The highest BCUT2D eigenvalue weighted by Crippen LogP contribution is 2.14. The number of carbonyl (C=O) groups excluding carboxylic acids is 1. The molecule has 4 heteroatoms. The molecule has 0 heterocycles. The third-order valence-corrected chi connectivity index (χ3v) is 2.56. The molecule has 0 aliphatic heterocycles. The van der Waals surface area contributed by atoms with E-state index in [0.29, 0.717) is 12.3 Å². The van der Waals surface area contributed by atoms with Crippen molar-refractivity contribution in [2.24, 2.45) is 5.41 Å². The lowest BCUT2D eigenvalue weighted by molar-refractivity contribution is -0.121. The molecule has 16 heavy (non-hydrogen) atoms. The first-order valence-electron chi connectivity index (χ1n) is 5.85. The van der Waals surface area contributed by atoms with Crippen LogP contribution in [0.1, 0.15) is 33.1 Å². The molecule has 0 saturated carbocycles. The van der Waals surface area contributed by atoms with Crippen molar-refractivity contribution in [2.75, 3.05) is 33.1 Å². The Morgan fingerprint density at radius 3 is 2.44 bits per heavy atom. The van der Waals surface area contributed by atoms with Crippen LogP contribution in [-0.4, -0.2) is 43.9 Å². The van der Waals surface area contributed by atoms with Crippen LogP contribution in [0.2, 0.25) is 0 Å². The molecule has 0 saturated heterocycles. The van der Waals surface area contributed by atoms with Crippen molar-refractivity contribution in [1.29, 1.82) is 0 Å². The fourth-order valence-electron chi connectivity index (χ4n) is 1.72. The van der Waals surface area contributed by atoms with Crippen LogP contribution in [0.4, 0.5) is 0 Å². The highest BCUT2D eigenvalue weighted by molar-refractivity contribution is 6.17. The van der Waals surface area contributed by atoms with E-state index in [2.05, 4.69) is 24.1 Å². The maximum absolute atomic E-state index is 11.5. The van der Waals surface area contributed by atoms with Crippen molar-refractivity contribution in [3.05, 3.63) is 0 Å². The maximum atomic E-state index is 11.5. The van der Waals surface area contributed by atoms with Gasteiger partial charge < -0.3 is 10.2 Å². The Morgan fingerprint density at radius 2 is 1.94 bits per heavy atom. The number of hydrogen-bond acceptors (Lipinski definition) is 2. The predicted molar refractivity (Wildman–Crippen MR) is 69.9 cm³/mol. The summed E-state index contributed by atoms with van der Waals surface area (Å²) in [5, 5.41) is 2.98. The fraction of sp³-hybridized carbons (Fsp3) is 0.917. The van der Waals surface area contributed by atoms with Gasteiger partial charge in [0.2, 0.25) is 5.91 Å². The van der Waals surface area contributed by atoms with E-state index in [9.17, 15) is 4.79 Å². The normalized spacial score (nSPS) is 11.9. The zero-order valence-electron chi connectivity index (χ0n) is 11.0. The van der Waals surface area contributed by atoms with Crippen LogP contribution in [-0.2, 0) is 4.79 Å². The summed E-state index contributed by atoms with van der Waals surface area (Å²) in [6, 6.07) is 0. The average Bonchev–Trinajstić information content (AvgIpc) is 2.13. The summed E-state index contributed by atoms with van der Waals surface area (Å²) >= 11 is 5.55. The molecule has 0 rings (SSSR count). The zero-order chi connectivity index (χ0) is 12.6. The van der Waals surface area contributed by atoms with E-state index in [0.717, 1.165) is 25.9 Å². The number of alkyl halides is 1. The lowest BCUT2D eigenvalue weighted by atomic mass is 9.93. The van der Waals surface area contributed by atoms with Gasteiger partial charge in [0, 0.05) is 25.4 Å². The molecule has 1 N–H and O–H groups in total. The van der Waals surface area contributed by atoms with Crippen molar-refractivity contribution in [3.8, 4) is 0 Å². The molecule has 0 aromatic rings. The molecule has 0 aliphatic carbocycles. The Labute approximate surface area is 105 Å². The molecule has 0 unspecified atom stereocenters. The number of amides is 1. The molecule has 0 fully saturated rings. The molecule has 0 aromatic carbocycles. The van der Waals surface area contributed by atoms with Gasteiger partial charge in [0.15, 0.2) is 0 Å². The summed E-state index contributed by atoms with van der Waals surface area (Å²) in [7, 11) is 4.09. The summed E-state index contributed by atoms with van der Waals surface area (Å²) in [5.74, 6) is 0.774. The first-order valence-corrected chi connectivity index (χ1v) is 6.38. The van der Waals surface area contributed by atoms with Crippen molar-refractivity contribution in [1.82, 2.24) is 10.2 Å². The summed E-state index contributed by atoms with van der Waals surface area (Å²) < 4.78 is 0. The van der Waals surface area contributed by atoms with E-state index in [1.54, 1.807) is 0 Å². The second kappa shape index (κ2) is 7.91. The van der Waals surface area contributed by atoms with Gasteiger partial charge in [-0.1, -0.05) is 13.8 Å². The van der Waals surface area contributed by atoms with Crippen LogP contribution in [0, 0.1) is 5.41 Å². The standard InChI is InChI=1S/C12H25ClN2O/c1-12(2,10-15(3)4)9-14-11(16)7-5-6-8-13/h5-10H2,1-4H3,(H,14,16). The quantitative estimate of drug-likeness (QED) is 0.527. The van der Waals surface area contributed by atoms with E-state index in [1.165, 1.54) is 0 Å². The summed E-state index contributed by atoms with van der Waals surface area (Å²) in [6.45, 7) is 6.01. The minimum Gasteiger partial charge on any atom is -0.356 e. The molecule has 96 valence electrons. The summed E-state index contributed by atoms with van der Waals surface area (Å²) in [4.78, 5) is 13.6. The Hall–Kier alpha value is -0.280. The molecule has 0 atom stereocenters. The van der Waals surface area contributed by atoms with Crippen molar-refractivity contribution in [2.45, 2.75) is 33.1 Å². The zero-order valence-corrected chi connectivity index (χ0v) is 11.7. The Morgan fingerprint density at radius 1 is 1.31 bits per heavy atom. The van der Waals surface area contributed by atoms with Gasteiger partial charge >= 0.3 is 0 Å². The minimum atomic E-state index is 0.117. The SMILES string of the molecule is CN(C)CC(C)(C)CNC(=O)CCCCCl. The number of rotatable bonds is 8. The number of nitrogens with zero attached hydrogens (tertiary/aromatic N) is 1. The molecule has 1 amide bonds. The first kappa shape index (κ1) is 15.7. The topological polar surface area (TPSA) is 32.3 Å². The monoisotopic (exact) mass is 248 g/mol. The smallest absolute Gasteiger partial charge is 0.220 e. The second-order valence-corrected chi connectivity index (χ2v) is 5.70. The Balaban J connectivity index is 3.72. The first-order chi connectivity index (χ1) is 7.37. The molecular formula is C12H25ClN2O. The van der Waals surface area contributed by atoms with Gasteiger partial charge in [0.1, 0.15) is 0 Å². The van der Waals surface area contributed by atoms with E-state index in [1.807, 2.05) is 14.1 Å². The third kappa shape index (κ3) is 8.98. The van der Waals surface area contributed by atoms with Crippen LogP contribution < -0.4 is 5.32 Å². The van der Waals surface area contributed by atoms with Gasteiger partial charge in [-0.25, -0.2) is 0 Å². The molecule has 3 nitrogen and oxygen atoms in total. The number of carbonyl (C=O) groups is 1. The molecule has 0 spiro atoms. The summed E-state index contributed by atoms with van der Waals surface area (Å²) in [6.07, 6.45) is 2.38. The van der Waals surface area contributed by atoms with E-state index in [-0.39, 0.29) is 11.3 Å². The third-order valence-electron chi connectivity index (χ3n) is 2.30. The molecule has 0 aromatic heterocycles. The Kier molecular flexibility index (Phi) is 7.77. The van der Waals surface area contributed by atoms with Crippen LogP contribution in [0.15, 0.2) is 0 Å². The van der Waals surface area contributed by atoms with Crippen molar-refractivity contribution >= 4 is 17.5 Å². The fourth-order valence-corrected chi connectivity index (χ4v) is 1.91. The summed E-state index contributed by atoms with van der Waals surface area (Å²) in [5.41, 5.74) is 0.117. The lowest BCUT2D eigenvalue weighted by Crippen LogP contribution is -2.39. The molecular weight excluding hydrogens is 224 g/mol. The average molecular weight is 249 g/mol. The van der Waals surface area contributed by atoms with E-state index < -0.39 is 0 Å². The number of hydrogen-bond donors (Lipinski definition) is 1. The second-order valence-electron chi connectivity index (χ2n) is 5.32. The van der Waals surface area contributed by atoms with Crippen LogP contribution >= 0.6 is 11.6 Å². The largest absolute Gasteiger partial charge is 0.356 e. The van der Waals surface area contributed by atoms with Crippen molar-refractivity contribution < 1.29 is 4.79 Å². The van der Waals surface area contributed by atoms with E-state index in [4.69, 9.17) is 11.6 Å². The Bertz CT molecular complexity index is 205. The number of unbranched alkanes of at least 4 members (excludes halogenated alkanes) is 1. The van der Waals surface area contributed by atoms with Gasteiger partial charge in [-0.15, -0.1) is 11.6 Å². The number of nitrogens with one attached hydrogen (secondary N) is 1. The van der Waals surface area contributed by atoms with Crippen LogP contribution in [0.5, 0.6) is 0 Å². The molecule has 0 radical (unpaired) electrons. The molecule has 0 bridgehead atoms. The van der Waals surface area contributed by atoms with E-state index >= 15 is 0 Å².